The number of allylic oxidation sites excluding steroid dienone is 2. The third-order valence-electron chi connectivity index (χ3n) is 3.59. The van der Waals surface area contributed by atoms with E-state index in [1.54, 1.807) is 24.4 Å². The van der Waals surface area contributed by atoms with Crippen LogP contribution in [0.15, 0.2) is 53.9 Å². The van der Waals surface area contributed by atoms with Gasteiger partial charge in [0.1, 0.15) is 5.70 Å². The van der Waals surface area contributed by atoms with Crippen LogP contribution in [-0.2, 0) is 19.1 Å². The normalized spacial score (nSPS) is 13.3. The molecule has 0 aromatic heterocycles. The highest BCUT2D eigenvalue weighted by molar-refractivity contribution is 6.34. The van der Waals surface area contributed by atoms with E-state index in [1.165, 1.54) is 44.4 Å². The monoisotopic (exact) mass is 376 g/mol. The predicted octanol–water partition coefficient (Wildman–Crippen LogP) is 2.19. The predicted molar refractivity (Wildman–Crippen MR) is 96.7 cm³/mol. The highest BCUT2D eigenvalue weighted by atomic mass is 35.5. The number of ether oxygens (including phenoxy) is 2. The molecule has 0 fully saturated rings. The van der Waals surface area contributed by atoms with Crippen molar-refractivity contribution >= 4 is 35.1 Å². The minimum Gasteiger partial charge on any atom is -0.465 e. The van der Waals surface area contributed by atoms with Crippen LogP contribution in [0.1, 0.15) is 10.4 Å². The van der Waals surface area contributed by atoms with Gasteiger partial charge in [0.15, 0.2) is 0 Å². The van der Waals surface area contributed by atoms with Gasteiger partial charge >= 0.3 is 11.9 Å². The van der Waals surface area contributed by atoms with Crippen molar-refractivity contribution in [2.75, 3.05) is 26.2 Å². The third kappa shape index (κ3) is 3.78. The molecule has 0 saturated carbocycles. The molecule has 0 aliphatic carbocycles. The van der Waals surface area contributed by atoms with Gasteiger partial charge in [0.25, 0.3) is 5.91 Å². The number of benzene rings is 1. The molecule has 2 rings (SSSR count). The molecule has 1 N–H and O–H groups in total. The number of hydrogen-bond donors (Lipinski definition) is 1. The topological polar surface area (TPSA) is 84.9 Å². The first-order chi connectivity index (χ1) is 12.4. The van der Waals surface area contributed by atoms with E-state index < -0.39 is 11.9 Å². The molecule has 0 radical (unpaired) electrons. The Morgan fingerprint density at radius 2 is 1.77 bits per heavy atom. The molecule has 1 aliphatic rings. The summed E-state index contributed by atoms with van der Waals surface area (Å²) in [6.45, 7) is 0. The first-order valence-electron chi connectivity index (χ1n) is 7.51. The standard InChI is InChI=1S/C18H17ClN2O5/c1-20-16(22)12-8-7-11(10-14(12)19)21-9-5-4-6-13(17(23)25-2)15(21)18(24)26-3/h4-10H,1-3H3,(H,20,22). The average molecular weight is 377 g/mol. The Hall–Kier alpha value is -3.06. The van der Waals surface area contributed by atoms with Gasteiger partial charge in [0.2, 0.25) is 0 Å². The molecule has 26 heavy (non-hydrogen) atoms. The maximum absolute atomic E-state index is 12.3. The Kier molecular flexibility index (Phi) is 6.19. The second-order valence-electron chi connectivity index (χ2n) is 5.06. The summed E-state index contributed by atoms with van der Waals surface area (Å²) in [5, 5.41) is 2.68. The highest BCUT2D eigenvalue weighted by Crippen LogP contribution is 2.30. The van der Waals surface area contributed by atoms with E-state index in [0.29, 0.717) is 5.69 Å². The molecule has 1 heterocycles. The molecule has 0 saturated heterocycles. The summed E-state index contributed by atoms with van der Waals surface area (Å²) in [7, 11) is 3.93. The van der Waals surface area contributed by atoms with Gasteiger partial charge in [0, 0.05) is 18.9 Å². The fourth-order valence-electron chi connectivity index (χ4n) is 2.34. The van der Waals surface area contributed by atoms with Gasteiger partial charge in [-0.2, -0.15) is 0 Å². The van der Waals surface area contributed by atoms with E-state index in [2.05, 4.69) is 5.32 Å². The summed E-state index contributed by atoms with van der Waals surface area (Å²) in [5.74, 6) is -1.76. The zero-order chi connectivity index (χ0) is 19.3. The first kappa shape index (κ1) is 19.3. The largest absolute Gasteiger partial charge is 0.465 e. The lowest BCUT2D eigenvalue weighted by molar-refractivity contribution is -0.139. The molecule has 0 unspecified atom stereocenters. The summed E-state index contributed by atoms with van der Waals surface area (Å²) in [6.07, 6.45) is 6.26. The van der Waals surface area contributed by atoms with Gasteiger partial charge in [-0.1, -0.05) is 17.7 Å². The Labute approximate surface area is 155 Å². The van der Waals surface area contributed by atoms with E-state index >= 15 is 0 Å². The van der Waals surface area contributed by atoms with Gasteiger partial charge in [-0.15, -0.1) is 0 Å². The third-order valence-corrected chi connectivity index (χ3v) is 3.90. The number of halogens is 1. The fraction of sp³-hybridized carbons (Fsp3) is 0.167. The van der Waals surface area contributed by atoms with E-state index in [-0.39, 0.29) is 27.8 Å². The lowest BCUT2D eigenvalue weighted by Crippen LogP contribution is -2.27. The molecule has 1 aromatic carbocycles. The van der Waals surface area contributed by atoms with Crippen molar-refractivity contribution < 1.29 is 23.9 Å². The van der Waals surface area contributed by atoms with Crippen LogP contribution < -0.4 is 10.2 Å². The average Bonchev–Trinajstić information content (AvgIpc) is 2.88. The van der Waals surface area contributed by atoms with Gasteiger partial charge < -0.3 is 19.7 Å². The lowest BCUT2D eigenvalue weighted by atomic mass is 10.1. The number of rotatable bonds is 4. The molecule has 8 heteroatoms. The number of nitrogens with zero attached hydrogens (tertiary/aromatic N) is 1. The Morgan fingerprint density at radius 1 is 1.08 bits per heavy atom. The number of amides is 1. The van der Waals surface area contributed by atoms with Crippen LogP contribution in [0.5, 0.6) is 0 Å². The number of nitrogens with one attached hydrogen (secondary N) is 1. The number of carbonyl (C=O) groups excluding carboxylic acids is 3. The van der Waals surface area contributed by atoms with Crippen molar-refractivity contribution in [1.29, 1.82) is 0 Å². The summed E-state index contributed by atoms with van der Waals surface area (Å²) in [5.41, 5.74) is 0.736. The van der Waals surface area contributed by atoms with Gasteiger partial charge in [-0.05, 0) is 30.4 Å². The molecule has 1 aromatic rings. The molecular formula is C18H17ClN2O5. The maximum atomic E-state index is 12.3. The Bertz CT molecular complexity index is 842. The highest BCUT2D eigenvalue weighted by Gasteiger charge is 2.27. The number of methoxy groups -OCH3 is 2. The van der Waals surface area contributed by atoms with Crippen LogP contribution in [0.4, 0.5) is 5.69 Å². The molecule has 7 nitrogen and oxygen atoms in total. The lowest BCUT2D eigenvalue weighted by Gasteiger charge is -2.23. The number of carbonyl (C=O) groups is 3. The molecule has 1 amide bonds. The molecular weight excluding hydrogens is 360 g/mol. The molecule has 136 valence electrons. The van der Waals surface area contributed by atoms with Gasteiger partial charge in [0.05, 0.1) is 30.4 Å². The second-order valence-corrected chi connectivity index (χ2v) is 5.47. The minimum absolute atomic E-state index is 0.0239. The van der Waals surface area contributed by atoms with Gasteiger partial charge in [-0.25, -0.2) is 9.59 Å². The van der Waals surface area contributed by atoms with E-state index in [4.69, 9.17) is 21.1 Å². The van der Waals surface area contributed by atoms with Crippen LogP contribution in [0.2, 0.25) is 5.02 Å². The quantitative estimate of drug-likeness (QED) is 0.811. The number of hydrogen-bond acceptors (Lipinski definition) is 6. The van der Waals surface area contributed by atoms with Crippen molar-refractivity contribution in [2.24, 2.45) is 0 Å². The fourth-order valence-corrected chi connectivity index (χ4v) is 2.60. The summed E-state index contributed by atoms with van der Waals surface area (Å²) in [6, 6.07) is 4.64. The summed E-state index contributed by atoms with van der Waals surface area (Å²) in [4.78, 5) is 37.7. The van der Waals surface area contributed by atoms with Crippen molar-refractivity contribution in [3.63, 3.8) is 0 Å². The van der Waals surface area contributed by atoms with Crippen LogP contribution in [-0.4, -0.2) is 39.1 Å². The van der Waals surface area contributed by atoms with Crippen molar-refractivity contribution in [3.8, 4) is 0 Å². The zero-order valence-electron chi connectivity index (χ0n) is 14.4. The molecule has 0 atom stereocenters. The van der Waals surface area contributed by atoms with Crippen molar-refractivity contribution in [2.45, 2.75) is 0 Å². The number of anilines is 1. The van der Waals surface area contributed by atoms with Crippen molar-refractivity contribution in [3.05, 3.63) is 64.5 Å². The van der Waals surface area contributed by atoms with Crippen LogP contribution >= 0.6 is 11.6 Å². The van der Waals surface area contributed by atoms with E-state index in [9.17, 15) is 14.4 Å². The molecule has 1 aliphatic heterocycles. The van der Waals surface area contributed by atoms with E-state index in [0.717, 1.165) is 0 Å². The summed E-state index contributed by atoms with van der Waals surface area (Å²) >= 11 is 6.20. The second kappa shape index (κ2) is 8.35. The van der Waals surface area contributed by atoms with E-state index in [1.807, 2.05) is 0 Å². The van der Waals surface area contributed by atoms with Crippen LogP contribution in [0, 0.1) is 0 Å². The molecule has 0 spiro atoms. The SMILES string of the molecule is CNC(=O)c1ccc(N2C=CC=CC(C(=O)OC)=C2C(=O)OC)cc1Cl. The first-order valence-corrected chi connectivity index (χ1v) is 7.89. The minimum atomic E-state index is -0.729. The summed E-state index contributed by atoms with van der Waals surface area (Å²) < 4.78 is 9.57. The smallest absolute Gasteiger partial charge is 0.355 e. The Morgan fingerprint density at radius 3 is 2.35 bits per heavy atom. The zero-order valence-corrected chi connectivity index (χ0v) is 15.2. The van der Waals surface area contributed by atoms with Gasteiger partial charge in [-0.3, -0.25) is 4.79 Å². The maximum Gasteiger partial charge on any atom is 0.355 e. The van der Waals surface area contributed by atoms with Crippen LogP contribution in [0.3, 0.4) is 0 Å². The van der Waals surface area contributed by atoms with Crippen LogP contribution in [0.25, 0.3) is 0 Å². The Balaban J connectivity index is 2.62. The number of esters is 2. The molecule has 0 bridgehead atoms. The van der Waals surface area contributed by atoms with Crippen molar-refractivity contribution in [1.82, 2.24) is 5.32 Å².